The zero-order valence-corrected chi connectivity index (χ0v) is 19.4. The molecule has 0 N–H and O–H groups in total. The van der Waals surface area contributed by atoms with E-state index in [-0.39, 0.29) is 17.9 Å². The zero-order chi connectivity index (χ0) is 21.9. The highest BCUT2D eigenvalue weighted by atomic mass is 79.9. The number of benzene rings is 2. The number of carbonyl (C=O) groups is 1. The molecule has 1 amide bonds. The highest BCUT2D eigenvalue weighted by Gasteiger charge is 2.22. The van der Waals surface area contributed by atoms with Gasteiger partial charge in [0.1, 0.15) is 5.75 Å². The van der Waals surface area contributed by atoms with Crippen LogP contribution in [-0.2, 0) is 16.8 Å². The molecule has 0 saturated heterocycles. The maximum Gasteiger partial charge on any atom is 0.263 e. The Hall–Kier alpha value is -2.67. The standard InChI is InChI=1S/C23H26BrN3O3/c1-15(29-19-12-10-18(24)11-13-19)22(28)27(5)14-20-25-26-21(30-20)16-6-8-17(9-7-16)23(2,3)4/h6-13,15H,14H2,1-5H3/t15-/m1/s1. The molecule has 0 unspecified atom stereocenters. The van der Waals surface area contributed by atoms with Gasteiger partial charge in [-0.3, -0.25) is 4.79 Å². The van der Waals surface area contributed by atoms with Crippen molar-refractivity contribution in [2.45, 2.75) is 45.8 Å². The minimum absolute atomic E-state index is 0.0800. The largest absolute Gasteiger partial charge is 0.481 e. The number of amides is 1. The maximum absolute atomic E-state index is 12.6. The lowest BCUT2D eigenvalue weighted by Gasteiger charge is -2.20. The van der Waals surface area contributed by atoms with Crippen molar-refractivity contribution in [2.24, 2.45) is 0 Å². The average molecular weight is 472 g/mol. The van der Waals surface area contributed by atoms with Gasteiger partial charge >= 0.3 is 0 Å². The molecule has 3 aromatic rings. The summed E-state index contributed by atoms with van der Waals surface area (Å²) in [5.74, 6) is 1.26. The molecule has 0 aliphatic rings. The lowest BCUT2D eigenvalue weighted by atomic mass is 9.87. The second-order valence-corrected chi connectivity index (χ2v) is 9.15. The minimum Gasteiger partial charge on any atom is -0.481 e. The second-order valence-electron chi connectivity index (χ2n) is 8.24. The number of likely N-dealkylation sites (N-methyl/N-ethyl adjacent to an activating group) is 1. The van der Waals surface area contributed by atoms with Crippen molar-refractivity contribution in [1.82, 2.24) is 15.1 Å². The summed E-state index contributed by atoms with van der Waals surface area (Å²) in [6, 6.07) is 15.4. The molecule has 0 fully saturated rings. The predicted molar refractivity (Wildman–Crippen MR) is 119 cm³/mol. The molecule has 1 atom stereocenters. The molecular weight excluding hydrogens is 446 g/mol. The fourth-order valence-electron chi connectivity index (χ4n) is 2.91. The van der Waals surface area contributed by atoms with Crippen LogP contribution in [0.25, 0.3) is 11.5 Å². The van der Waals surface area contributed by atoms with E-state index in [2.05, 4.69) is 59.0 Å². The third kappa shape index (κ3) is 5.48. The summed E-state index contributed by atoms with van der Waals surface area (Å²) in [4.78, 5) is 14.1. The van der Waals surface area contributed by atoms with E-state index in [9.17, 15) is 4.79 Å². The van der Waals surface area contributed by atoms with Crippen LogP contribution < -0.4 is 4.74 Å². The van der Waals surface area contributed by atoms with E-state index in [1.54, 1.807) is 14.0 Å². The highest BCUT2D eigenvalue weighted by molar-refractivity contribution is 9.10. The fourth-order valence-corrected chi connectivity index (χ4v) is 3.17. The number of carbonyl (C=O) groups excluding carboxylic acids is 1. The first-order valence-electron chi connectivity index (χ1n) is 9.74. The molecular formula is C23H26BrN3O3. The molecule has 1 heterocycles. The van der Waals surface area contributed by atoms with Crippen LogP contribution in [0.15, 0.2) is 57.4 Å². The van der Waals surface area contributed by atoms with E-state index < -0.39 is 6.10 Å². The van der Waals surface area contributed by atoms with E-state index in [4.69, 9.17) is 9.15 Å². The zero-order valence-electron chi connectivity index (χ0n) is 17.8. The van der Waals surface area contributed by atoms with E-state index in [1.165, 1.54) is 10.5 Å². The van der Waals surface area contributed by atoms with Crippen LogP contribution in [0.5, 0.6) is 5.75 Å². The highest BCUT2D eigenvalue weighted by Crippen LogP contribution is 2.26. The Balaban J connectivity index is 1.61. The van der Waals surface area contributed by atoms with Crippen molar-refractivity contribution in [3.63, 3.8) is 0 Å². The number of aromatic nitrogens is 2. The third-order valence-electron chi connectivity index (χ3n) is 4.69. The van der Waals surface area contributed by atoms with Crippen LogP contribution in [0.1, 0.15) is 39.1 Å². The van der Waals surface area contributed by atoms with E-state index in [0.717, 1.165) is 10.0 Å². The molecule has 0 spiro atoms. The Morgan fingerprint density at radius 3 is 2.33 bits per heavy atom. The number of halogens is 1. The molecule has 0 aliphatic heterocycles. The molecule has 0 saturated carbocycles. The van der Waals surface area contributed by atoms with E-state index >= 15 is 0 Å². The summed E-state index contributed by atoms with van der Waals surface area (Å²) in [5.41, 5.74) is 2.16. The molecule has 30 heavy (non-hydrogen) atoms. The Kier molecular flexibility index (Phi) is 6.61. The Bertz CT molecular complexity index is 992. The van der Waals surface area contributed by atoms with Gasteiger partial charge in [0.2, 0.25) is 11.8 Å². The van der Waals surface area contributed by atoms with Gasteiger partial charge in [-0.15, -0.1) is 10.2 Å². The minimum atomic E-state index is -0.636. The van der Waals surface area contributed by atoms with Crippen molar-refractivity contribution < 1.29 is 13.9 Å². The van der Waals surface area contributed by atoms with Gasteiger partial charge in [-0.25, -0.2) is 0 Å². The Morgan fingerprint density at radius 1 is 1.10 bits per heavy atom. The molecule has 0 aliphatic carbocycles. The van der Waals surface area contributed by atoms with Crippen LogP contribution in [0.3, 0.4) is 0 Å². The first-order chi connectivity index (χ1) is 14.1. The SMILES string of the molecule is C[C@@H](Oc1ccc(Br)cc1)C(=O)N(C)Cc1nnc(-c2ccc(C(C)(C)C)cc2)o1. The van der Waals surface area contributed by atoms with Crippen LogP contribution >= 0.6 is 15.9 Å². The lowest BCUT2D eigenvalue weighted by molar-refractivity contribution is -0.137. The van der Waals surface area contributed by atoms with Gasteiger partial charge in [-0.1, -0.05) is 48.8 Å². The summed E-state index contributed by atoms with van der Waals surface area (Å²) < 4.78 is 12.4. The van der Waals surface area contributed by atoms with Gasteiger partial charge in [0.25, 0.3) is 5.91 Å². The van der Waals surface area contributed by atoms with Gasteiger partial charge < -0.3 is 14.1 Å². The molecule has 158 valence electrons. The molecule has 2 aromatic carbocycles. The Labute approximate surface area is 185 Å². The topological polar surface area (TPSA) is 68.5 Å². The summed E-state index contributed by atoms with van der Waals surface area (Å²) >= 11 is 3.38. The molecule has 3 rings (SSSR count). The van der Waals surface area contributed by atoms with Gasteiger partial charge in [-0.2, -0.15) is 0 Å². The maximum atomic E-state index is 12.6. The van der Waals surface area contributed by atoms with Crippen LogP contribution in [0, 0.1) is 0 Å². The fraction of sp³-hybridized carbons (Fsp3) is 0.348. The van der Waals surface area contributed by atoms with Crippen molar-refractivity contribution >= 4 is 21.8 Å². The van der Waals surface area contributed by atoms with E-state index in [1.807, 2.05) is 36.4 Å². The lowest BCUT2D eigenvalue weighted by Crippen LogP contribution is -2.37. The molecule has 7 heteroatoms. The summed E-state index contributed by atoms with van der Waals surface area (Å²) in [5, 5.41) is 8.20. The first-order valence-corrected chi connectivity index (χ1v) is 10.5. The van der Waals surface area contributed by atoms with Gasteiger partial charge in [0, 0.05) is 17.1 Å². The van der Waals surface area contributed by atoms with Gasteiger partial charge in [0.15, 0.2) is 6.10 Å². The predicted octanol–water partition coefficient (Wildman–Crippen LogP) is 5.22. The molecule has 0 radical (unpaired) electrons. The summed E-state index contributed by atoms with van der Waals surface area (Å²) in [7, 11) is 1.69. The van der Waals surface area contributed by atoms with E-state index in [0.29, 0.717) is 17.5 Å². The average Bonchev–Trinajstić information content (AvgIpc) is 3.17. The smallest absolute Gasteiger partial charge is 0.263 e. The number of ether oxygens (including phenoxy) is 1. The second kappa shape index (κ2) is 9.00. The van der Waals surface area contributed by atoms with Crippen molar-refractivity contribution in [2.75, 3.05) is 7.05 Å². The number of hydrogen-bond acceptors (Lipinski definition) is 5. The number of nitrogens with zero attached hydrogens (tertiary/aromatic N) is 3. The van der Waals surface area contributed by atoms with Gasteiger partial charge in [-0.05, 0) is 54.3 Å². The first kappa shape index (κ1) is 22.0. The third-order valence-corrected chi connectivity index (χ3v) is 5.22. The number of rotatable bonds is 6. The normalized spacial score (nSPS) is 12.5. The number of hydrogen-bond donors (Lipinski definition) is 0. The van der Waals surface area contributed by atoms with Crippen LogP contribution in [-0.4, -0.2) is 34.2 Å². The van der Waals surface area contributed by atoms with Crippen LogP contribution in [0.2, 0.25) is 0 Å². The monoisotopic (exact) mass is 471 g/mol. The summed E-state index contributed by atoms with van der Waals surface area (Å²) in [6.07, 6.45) is -0.636. The Morgan fingerprint density at radius 2 is 1.73 bits per heavy atom. The van der Waals surface area contributed by atoms with Crippen molar-refractivity contribution in [1.29, 1.82) is 0 Å². The molecule has 6 nitrogen and oxygen atoms in total. The quantitative estimate of drug-likeness (QED) is 0.492. The van der Waals surface area contributed by atoms with Gasteiger partial charge in [0.05, 0.1) is 6.54 Å². The molecule has 1 aromatic heterocycles. The van der Waals surface area contributed by atoms with Crippen molar-refractivity contribution in [3.05, 3.63) is 64.5 Å². The summed E-state index contributed by atoms with van der Waals surface area (Å²) in [6.45, 7) is 8.43. The molecule has 0 bridgehead atoms. The van der Waals surface area contributed by atoms with Crippen LogP contribution in [0.4, 0.5) is 0 Å². The van der Waals surface area contributed by atoms with Crippen molar-refractivity contribution in [3.8, 4) is 17.2 Å².